The quantitative estimate of drug-likeness (QED) is 0.780. The van der Waals surface area contributed by atoms with Crippen LogP contribution < -0.4 is 10.1 Å². The van der Waals surface area contributed by atoms with E-state index in [0.29, 0.717) is 18.1 Å². The van der Waals surface area contributed by atoms with Gasteiger partial charge in [0.05, 0.1) is 6.61 Å². The molecular formula is C17H26BrNO. The Kier molecular flexibility index (Phi) is 5.50. The van der Waals surface area contributed by atoms with Crippen molar-refractivity contribution in [3.8, 4) is 5.75 Å². The second-order valence-corrected chi connectivity index (χ2v) is 6.68. The van der Waals surface area contributed by atoms with Gasteiger partial charge in [0.15, 0.2) is 0 Å². The molecule has 2 rings (SSSR count). The topological polar surface area (TPSA) is 21.3 Å². The Morgan fingerprint density at radius 3 is 2.55 bits per heavy atom. The molecule has 0 radical (unpaired) electrons. The van der Waals surface area contributed by atoms with Crippen LogP contribution in [0.3, 0.4) is 0 Å². The van der Waals surface area contributed by atoms with Crippen LogP contribution in [0.5, 0.6) is 5.75 Å². The maximum atomic E-state index is 5.86. The van der Waals surface area contributed by atoms with Gasteiger partial charge in [0.1, 0.15) is 5.75 Å². The molecule has 1 atom stereocenters. The fraction of sp³-hybridized carbons (Fsp3) is 0.647. The predicted molar refractivity (Wildman–Crippen MR) is 88.3 cm³/mol. The Labute approximate surface area is 131 Å². The van der Waals surface area contributed by atoms with E-state index in [9.17, 15) is 0 Å². The molecule has 1 aliphatic carbocycles. The molecule has 0 aliphatic heterocycles. The molecule has 1 saturated carbocycles. The SMILES string of the molecule is CCOc1ccc(Br)cc1C(NC)C1(CC)CCCC1. The van der Waals surface area contributed by atoms with Crippen molar-refractivity contribution in [1.82, 2.24) is 5.32 Å². The van der Waals surface area contributed by atoms with E-state index < -0.39 is 0 Å². The van der Waals surface area contributed by atoms with Crippen LogP contribution in [0.4, 0.5) is 0 Å². The number of rotatable bonds is 6. The van der Waals surface area contributed by atoms with E-state index in [1.807, 2.05) is 6.92 Å². The minimum atomic E-state index is 0.369. The Hall–Kier alpha value is -0.540. The first-order chi connectivity index (χ1) is 9.66. The lowest BCUT2D eigenvalue weighted by molar-refractivity contribution is 0.190. The van der Waals surface area contributed by atoms with Crippen molar-refractivity contribution in [2.24, 2.45) is 5.41 Å². The van der Waals surface area contributed by atoms with Crippen molar-refractivity contribution in [1.29, 1.82) is 0 Å². The Morgan fingerprint density at radius 2 is 2.00 bits per heavy atom. The number of nitrogens with one attached hydrogen (secondary N) is 1. The van der Waals surface area contributed by atoms with Crippen LogP contribution in [0.15, 0.2) is 22.7 Å². The largest absolute Gasteiger partial charge is 0.494 e. The maximum absolute atomic E-state index is 5.86. The van der Waals surface area contributed by atoms with E-state index in [-0.39, 0.29) is 0 Å². The van der Waals surface area contributed by atoms with E-state index in [0.717, 1.165) is 10.2 Å². The third kappa shape index (κ3) is 3.04. The van der Waals surface area contributed by atoms with Gasteiger partial charge in [0.2, 0.25) is 0 Å². The highest BCUT2D eigenvalue weighted by molar-refractivity contribution is 9.10. The van der Waals surface area contributed by atoms with Crippen molar-refractivity contribution < 1.29 is 4.74 Å². The highest BCUT2D eigenvalue weighted by atomic mass is 79.9. The molecule has 1 aliphatic rings. The second-order valence-electron chi connectivity index (χ2n) is 5.76. The van der Waals surface area contributed by atoms with Crippen LogP contribution in [0.25, 0.3) is 0 Å². The van der Waals surface area contributed by atoms with Gasteiger partial charge in [-0.2, -0.15) is 0 Å². The summed E-state index contributed by atoms with van der Waals surface area (Å²) in [6.07, 6.45) is 6.55. The number of hydrogen-bond donors (Lipinski definition) is 1. The fourth-order valence-electron chi connectivity index (χ4n) is 3.75. The number of benzene rings is 1. The van der Waals surface area contributed by atoms with Crippen molar-refractivity contribution in [3.05, 3.63) is 28.2 Å². The molecule has 0 spiro atoms. The molecule has 0 saturated heterocycles. The van der Waals surface area contributed by atoms with Gasteiger partial charge < -0.3 is 10.1 Å². The Bertz CT molecular complexity index is 441. The molecule has 0 amide bonds. The summed E-state index contributed by atoms with van der Waals surface area (Å²) in [5, 5.41) is 3.58. The monoisotopic (exact) mass is 339 g/mol. The average Bonchev–Trinajstić information content (AvgIpc) is 2.93. The molecule has 0 aromatic heterocycles. The molecule has 1 fully saturated rings. The third-order valence-electron chi connectivity index (χ3n) is 4.79. The number of ether oxygens (including phenoxy) is 1. The van der Waals surface area contributed by atoms with Gasteiger partial charge >= 0.3 is 0 Å². The third-order valence-corrected chi connectivity index (χ3v) is 5.28. The van der Waals surface area contributed by atoms with Gasteiger partial charge in [-0.15, -0.1) is 0 Å². The molecular weight excluding hydrogens is 314 g/mol. The summed E-state index contributed by atoms with van der Waals surface area (Å²) in [6, 6.07) is 6.75. The van der Waals surface area contributed by atoms with Crippen molar-refractivity contribution in [2.75, 3.05) is 13.7 Å². The van der Waals surface area contributed by atoms with Crippen LogP contribution in [0.2, 0.25) is 0 Å². The first kappa shape index (κ1) is 15.8. The minimum absolute atomic E-state index is 0.369. The molecule has 0 heterocycles. The predicted octanol–water partition coefficient (Wildman–Crippen LogP) is 5.08. The Morgan fingerprint density at radius 1 is 1.30 bits per heavy atom. The van der Waals surface area contributed by atoms with E-state index in [1.54, 1.807) is 0 Å². The molecule has 1 N–H and O–H groups in total. The van der Waals surface area contributed by atoms with Crippen LogP contribution >= 0.6 is 15.9 Å². The van der Waals surface area contributed by atoms with Crippen LogP contribution in [0, 0.1) is 5.41 Å². The number of halogens is 1. The molecule has 1 aromatic rings. The summed E-state index contributed by atoms with van der Waals surface area (Å²) in [5.74, 6) is 1.02. The fourth-order valence-corrected chi connectivity index (χ4v) is 4.13. The van der Waals surface area contributed by atoms with Crippen molar-refractivity contribution in [3.63, 3.8) is 0 Å². The van der Waals surface area contributed by atoms with Crippen molar-refractivity contribution >= 4 is 15.9 Å². The highest BCUT2D eigenvalue weighted by Crippen LogP contribution is 2.51. The highest BCUT2D eigenvalue weighted by Gasteiger charge is 2.40. The zero-order valence-corrected chi connectivity index (χ0v) is 14.4. The lowest BCUT2D eigenvalue weighted by Gasteiger charge is -2.38. The lowest BCUT2D eigenvalue weighted by Crippen LogP contribution is -2.34. The molecule has 1 unspecified atom stereocenters. The van der Waals surface area contributed by atoms with E-state index in [4.69, 9.17) is 4.74 Å². The molecule has 112 valence electrons. The van der Waals surface area contributed by atoms with Gasteiger partial charge in [-0.3, -0.25) is 0 Å². The number of hydrogen-bond acceptors (Lipinski definition) is 2. The maximum Gasteiger partial charge on any atom is 0.124 e. The van der Waals surface area contributed by atoms with Gasteiger partial charge in [-0.25, -0.2) is 0 Å². The standard InChI is InChI=1S/C17H26BrNO/c1-4-17(10-6-7-11-17)16(19-3)14-12-13(18)8-9-15(14)20-5-2/h8-9,12,16,19H,4-7,10-11H2,1-3H3. The zero-order valence-electron chi connectivity index (χ0n) is 12.8. The van der Waals surface area contributed by atoms with Gasteiger partial charge in [0, 0.05) is 16.1 Å². The van der Waals surface area contributed by atoms with Crippen molar-refractivity contribution in [2.45, 2.75) is 52.0 Å². The first-order valence-corrected chi connectivity index (χ1v) is 8.55. The van der Waals surface area contributed by atoms with E-state index in [1.165, 1.54) is 37.7 Å². The summed E-state index contributed by atoms with van der Waals surface area (Å²) >= 11 is 3.61. The summed E-state index contributed by atoms with van der Waals surface area (Å²) in [4.78, 5) is 0. The second kappa shape index (κ2) is 6.95. The van der Waals surface area contributed by atoms with Gasteiger partial charge in [-0.1, -0.05) is 35.7 Å². The molecule has 2 nitrogen and oxygen atoms in total. The molecule has 1 aromatic carbocycles. The average molecular weight is 340 g/mol. The first-order valence-electron chi connectivity index (χ1n) is 7.76. The zero-order chi connectivity index (χ0) is 14.6. The summed E-state index contributed by atoms with van der Waals surface area (Å²) in [5.41, 5.74) is 1.67. The van der Waals surface area contributed by atoms with Crippen LogP contribution in [0.1, 0.15) is 57.6 Å². The summed E-state index contributed by atoms with van der Waals surface area (Å²) in [6.45, 7) is 5.09. The minimum Gasteiger partial charge on any atom is -0.494 e. The van der Waals surface area contributed by atoms with Gasteiger partial charge in [-0.05, 0) is 56.8 Å². The summed E-state index contributed by atoms with van der Waals surface area (Å²) in [7, 11) is 2.08. The Balaban J connectivity index is 2.42. The lowest BCUT2D eigenvalue weighted by atomic mass is 9.73. The van der Waals surface area contributed by atoms with E-state index in [2.05, 4.69) is 53.4 Å². The summed E-state index contributed by atoms with van der Waals surface area (Å²) < 4.78 is 6.99. The smallest absolute Gasteiger partial charge is 0.124 e. The molecule has 20 heavy (non-hydrogen) atoms. The van der Waals surface area contributed by atoms with Crippen LogP contribution in [-0.2, 0) is 0 Å². The molecule has 3 heteroatoms. The molecule has 0 bridgehead atoms. The van der Waals surface area contributed by atoms with E-state index >= 15 is 0 Å². The normalized spacial score (nSPS) is 19.0. The van der Waals surface area contributed by atoms with Crippen LogP contribution in [-0.4, -0.2) is 13.7 Å². The van der Waals surface area contributed by atoms with Gasteiger partial charge in [0.25, 0.3) is 0 Å².